The molecule has 11 heavy (non-hydrogen) atoms. The molecule has 0 spiro atoms. The van der Waals surface area contributed by atoms with Crippen LogP contribution in [0.25, 0.3) is 0 Å². The van der Waals surface area contributed by atoms with Gasteiger partial charge in [0.1, 0.15) is 5.54 Å². The second kappa shape index (κ2) is 3.19. The van der Waals surface area contributed by atoms with Crippen LogP contribution in [-0.4, -0.2) is 31.6 Å². The van der Waals surface area contributed by atoms with Crippen molar-refractivity contribution in [2.75, 3.05) is 20.1 Å². The number of hydrogen-bond acceptors (Lipinski definition) is 3. The SMILES string of the molecule is CNC1(C(N)=O)CCCNC1. The summed E-state index contributed by atoms with van der Waals surface area (Å²) in [6.07, 6.45) is 1.84. The van der Waals surface area contributed by atoms with Crippen molar-refractivity contribution in [2.45, 2.75) is 18.4 Å². The average Bonchev–Trinajstić information content (AvgIpc) is 2.05. The zero-order valence-corrected chi connectivity index (χ0v) is 6.81. The fourth-order valence-corrected chi connectivity index (χ4v) is 1.45. The summed E-state index contributed by atoms with van der Waals surface area (Å²) in [5, 5.41) is 6.12. The summed E-state index contributed by atoms with van der Waals surface area (Å²) in [4.78, 5) is 11.0. The van der Waals surface area contributed by atoms with Crippen LogP contribution >= 0.6 is 0 Å². The molecule has 1 saturated heterocycles. The topological polar surface area (TPSA) is 67.1 Å². The molecule has 1 fully saturated rings. The Balaban J connectivity index is 2.64. The van der Waals surface area contributed by atoms with Gasteiger partial charge in [0.15, 0.2) is 0 Å². The van der Waals surface area contributed by atoms with Crippen LogP contribution < -0.4 is 16.4 Å². The van der Waals surface area contributed by atoms with E-state index in [1.54, 1.807) is 7.05 Å². The molecule has 0 bridgehead atoms. The number of amides is 1. The number of hydrogen-bond donors (Lipinski definition) is 3. The highest BCUT2D eigenvalue weighted by Gasteiger charge is 2.35. The molecule has 0 aromatic heterocycles. The molecule has 0 radical (unpaired) electrons. The fourth-order valence-electron chi connectivity index (χ4n) is 1.45. The lowest BCUT2D eigenvalue weighted by atomic mass is 9.90. The molecule has 1 aliphatic rings. The van der Waals surface area contributed by atoms with Gasteiger partial charge in [-0.3, -0.25) is 4.79 Å². The van der Waals surface area contributed by atoms with Crippen LogP contribution in [0.15, 0.2) is 0 Å². The molecule has 1 unspecified atom stereocenters. The first-order chi connectivity index (χ1) is 5.21. The third-order valence-electron chi connectivity index (χ3n) is 2.33. The highest BCUT2D eigenvalue weighted by molar-refractivity contribution is 5.85. The van der Waals surface area contributed by atoms with Gasteiger partial charge < -0.3 is 16.4 Å². The van der Waals surface area contributed by atoms with Crippen LogP contribution in [0.4, 0.5) is 0 Å². The quantitative estimate of drug-likeness (QED) is 0.472. The second-order valence-electron chi connectivity index (χ2n) is 2.98. The Kier molecular flexibility index (Phi) is 2.46. The van der Waals surface area contributed by atoms with Crippen LogP contribution in [0.2, 0.25) is 0 Å². The highest BCUT2D eigenvalue weighted by atomic mass is 16.1. The minimum atomic E-state index is -0.502. The molecule has 0 aromatic rings. The van der Waals surface area contributed by atoms with E-state index in [0.717, 1.165) is 19.4 Å². The summed E-state index contributed by atoms with van der Waals surface area (Å²) in [5.41, 5.74) is 4.77. The van der Waals surface area contributed by atoms with Gasteiger partial charge in [0, 0.05) is 6.54 Å². The summed E-state index contributed by atoms with van der Waals surface area (Å²) < 4.78 is 0. The number of piperidine rings is 1. The van der Waals surface area contributed by atoms with Crippen LogP contribution in [0.5, 0.6) is 0 Å². The van der Waals surface area contributed by atoms with Gasteiger partial charge >= 0.3 is 0 Å². The van der Waals surface area contributed by atoms with Gasteiger partial charge in [-0.15, -0.1) is 0 Å². The maximum absolute atomic E-state index is 11.0. The predicted molar refractivity (Wildman–Crippen MR) is 43.1 cm³/mol. The van der Waals surface area contributed by atoms with E-state index in [4.69, 9.17) is 5.73 Å². The summed E-state index contributed by atoms with van der Waals surface area (Å²) in [7, 11) is 1.78. The van der Waals surface area contributed by atoms with Crippen molar-refractivity contribution in [1.82, 2.24) is 10.6 Å². The summed E-state index contributed by atoms with van der Waals surface area (Å²) in [5.74, 6) is -0.257. The van der Waals surface area contributed by atoms with Crippen LogP contribution in [-0.2, 0) is 4.79 Å². The zero-order chi connectivity index (χ0) is 8.32. The molecule has 64 valence electrons. The zero-order valence-electron chi connectivity index (χ0n) is 6.81. The molecule has 1 heterocycles. The number of rotatable bonds is 2. The summed E-state index contributed by atoms with van der Waals surface area (Å²) in [6.45, 7) is 1.63. The minimum absolute atomic E-state index is 0.257. The van der Waals surface area contributed by atoms with Crippen molar-refractivity contribution < 1.29 is 4.79 Å². The minimum Gasteiger partial charge on any atom is -0.368 e. The Morgan fingerprint density at radius 3 is 2.73 bits per heavy atom. The second-order valence-corrected chi connectivity index (χ2v) is 2.98. The number of nitrogens with two attached hydrogens (primary N) is 1. The molecule has 1 rings (SSSR count). The lowest BCUT2D eigenvalue weighted by Gasteiger charge is -2.34. The first-order valence-corrected chi connectivity index (χ1v) is 3.91. The lowest BCUT2D eigenvalue weighted by Crippen LogP contribution is -2.62. The maximum Gasteiger partial charge on any atom is 0.239 e. The fraction of sp³-hybridized carbons (Fsp3) is 0.857. The van der Waals surface area contributed by atoms with Gasteiger partial charge in [0.25, 0.3) is 0 Å². The van der Waals surface area contributed by atoms with E-state index in [0.29, 0.717) is 6.54 Å². The van der Waals surface area contributed by atoms with Gasteiger partial charge in [-0.05, 0) is 26.4 Å². The molecular formula is C7H15N3O. The van der Waals surface area contributed by atoms with Crippen LogP contribution in [0, 0.1) is 0 Å². The van der Waals surface area contributed by atoms with E-state index < -0.39 is 5.54 Å². The van der Waals surface area contributed by atoms with Crippen molar-refractivity contribution in [3.05, 3.63) is 0 Å². The van der Waals surface area contributed by atoms with Gasteiger partial charge in [-0.2, -0.15) is 0 Å². The van der Waals surface area contributed by atoms with E-state index in [-0.39, 0.29) is 5.91 Å². The van der Waals surface area contributed by atoms with Crippen LogP contribution in [0.3, 0.4) is 0 Å². The molecule has 1 aliphatic heterocycles. The Bertz CT molecular complexity index is 152. The molecule has 0 saturated carbocycles. The molecule has 4 heteroatoms. The maximum atomic E-state index is 11.0. The number of likely N-dealkylation sites (N-methyl/N-ethyl adjacent to an activating group) is 1. The first kappa shape index (κ1) is 8.49. The van der Waals surface area contributed by atoms with Crippen LogP contribution in [0.1, 0.15) is 12.8 Å². The van der Waals surface area contributed by atoms with Crippen molar-refractivity contribution >= 4 is 5.91 Å². The standard InChI is InChI=1S/C7H15N3O/c1-9-7(6(8)11)3-2-4-10-5-7/h9-10H,2-5H2,1H3,(H2,8,11). The van der Waals surface area contributed by atoms with E-state index in [1.165, 1.54) is 0 Å². The van der Waals surface area contributed by atoms with E-state index in [1.807, 2.05) is 0 Å². The van der Waals surface area contributed by atoms with Crippen molar-refractivity contribution in [1.29, 1.82) is 0 Å². The number of carbonyl (C=O) groups excluding carboxylic acids is 1. The largest absolute Gasteiger partial charge is 0.368 e. The third kappa shape index (κ3) is 1.52. The Morgan fingerprint density at radius 1 is 1.73 bits per heavy atom. The highest BCUT2D eigenvalue weighted by Crippen LogP contribution is 2.14. The Labute approximate surface area is 66.5 Å². The predicted octanol–water partition coefficient (Wildman–Crippen LogP) is -1.19. The molecule has 4 nitrogen and oxygen atoms in total. The van der Waals surface area contributed by atoms with Crippen molar-refractivity contribution in [3.63, 3.8) is 0 Å². The Hall–Kier alpha value is -0.610. The summed E-state index contributed by atoms with van der Waals surface area (Å²) >= 11 is 0. The van der Waals surface area contributed by atoms with E-state index in [2.05, 4.69) is 10.6 Å². The third-order valence-corrected chi connectivity index (χ3v) is 2.33. The normalized spacial score (nSPS) is 31.7. The smallest absolute Gasteiger partial charge is 0.239 e. The van der Waals surface area contributed by atoms with E-state index in [9.17, 15) is 4.79 Å². The summed E-state index contributed by atoms with van der Waals surface area (Å²) in [6, 6.07) is 0. The lowest BCUT2D eigenvalue weighted by molar-refractivity contribution is -0.124. The molecule has 4 N–H and O–H groups in total. The number of carbonyl (C=O) groups is 1. The molecular weight excluding hydrogens is 142 g/mol. The number of primary amides is 1. The molecule has 1 amide bonds. The van der Waals surface area contributed by atoms with Gasteiger partial charge in [0.05, 0.1) is 0 Å². The Morgan fingerprint density at radius 2 is 2.45 bits per heavy atom. The number of nitrogens with one attached hydrogen (secondary N) is 2. The molecule has 0 aromatic carbocycles. The average molecular weight is 157 g/mol. The molecule has 1 atom stereocenters. The van der Waals surface area contributed by atoms with Gasteiger partial charge in [0.2, 0.25) is 5.91 Å². The van der Waals surface area contributed by atoms with Gasteiger partial charge in [-0.1, -0.05) is 0 Å². The molecule has 0 aliphatic carbocycles. The van der Waals surface area contributed by atoms with Crippen molar-refractivity contribution in [3.8, 4) is 0 Å². The van der Waals surface area contributed by atoms with Gasteiger partial charge in [-0.25, -0.2) is 0 Å². The first-order valence-electron chi connectivity index (χ1n) is 3.91. The van der Waals surface area contributed by atoms with E-state index >= 15 is 0 Å². The van der Waals surface area contributed by atoms with Crippen molar-refractivity contribution in [2.24, 2.45) is 5.73 Å². The monoisotopic (exact) mass is 157 g/mol.